The fraction of sp³-hybridized carbons (Fsp3) is 0.429. The van der Waals surface area contributed by atoms with Crippen LogP contribution in [0.4, 0.5) is 0 Å². The van der Waals surface area contributed by atoms with E-state index in [9.17, 15) is 5.11 Å². The maximum absolute atomic E-state index is 10.6. The minimum atomic E-state index is -0.00798. The average molecular weight is 370 g/mol. The number of rotatable bonds is 2. The Balaban J connectivity index is 1.62. The van der Waals surface area contributed by atoms with Gasteiger partial charge in [-0.15, -0.1) is 0 Å². The Morgan fingerprint density at radius 1 is 0.963 bits per heavy atom. The maximum atomic E-state index is 10.6. The van der Waals surface area contributed by atoms with Gasteiger partial charge in [-0.2, -0.15) is 0 Å². The van der Waals surface area contributed by atoms with Crippen LogP contribution in [0.15, 0.2) is 36.4 Å². The lowest BCUT2D eigenvalue weighted by Gasteiger charge is -2.42. The fourth-order valence-electron chi connectivity index (χ4n) is 4.56. The van der Waals surface area contributed by atoms with Crippen molar-refractivity contribution < 1.29 is 29.0 Å². The summed E-state index contributed by atoms with van der Waals surface area (Å²) < 4.78 is 23.2. The Morgan fingerprint density at radius 3 is 2.48 bits per heavy atom. The van der Waals surface area contributed by atoms with Gasteiger partial charge < -0.3 is 24.1 Å². The van der Waals surface area contributed by atoms with Crippen LogP contribution in [-0.2, 0) is 4.74 Å². The van der Waals surface area contributed by atoms with Gasteiger partial charge in [0.15, 0.2) is 11.5 Å². The number of ether oxygens (including phenoxy) is 4. The Kier molecular flexibility index (Phi) is 4.10. The van der Waals surface area contributed by atoms with Crippen molar-refractivity contribution in [2.75, 3.05) is 33.1 Å². The van der Waals surface area contributed by atoms with Crippen LogP contribution in [0.2, 0.25) is 0 Å². The first kappa shape index (κ1) is 16.7. The van der Waals surface area contributed by atoms with Crippen molar-refractivity contribution in [1.82, 2.24) is 0 Å². The van der Waals surface area contributed by atoms with Crippen LogP contribution in [0.25, 0.3) is 0 Å². The zero-order valence-corrected chi connectivity index (χ0v) is 15.3. The van der Waals surface area contributed by atoms with Crippen molar-refractivity contribution >= 4 is 0 Å². The van der Waals surface area contributed by atoms with Gasteiger partial charge in [-0.1, -0.05) is 25.1 Å². The highest BCUT2D eigenvalue weighted by Gasteiger charge is 2.44. The molecule has 0 saturated carbocycles. The summed E-state index contributed by atoms with van der Waals surface area (Å²) in [6.45, 7) is 5.77. The Labute approximate surface area is 158 Å². The molecule has 0 radical (unpaired) electrons. The molecule has 6 nitrogen and oxygen atoms in total. The van der Waals surface area contributed by atoms with Gasteiger partial charge in [0, 0.05) is 23.1 Å². The lowest BCUT2D eigenvalue weighted by Crippen LogP contribution is -3.19. The largest absolute Gasteiger partial charge is 0.508 e. The molecular formula is C21H24NO5+. The fourth-order valence-corrected chi connectivity index (χ4v) is 4.56. The highest BCUT2D eigenvalue weighted by atomic mass is 16.7. The van der Waals surface area contributed by atoms with Crippen molar-refractivity contribution in [3.8, 4) is 23.0 Å². The van der Waals surface area contributed by atoms with Crippen LogP contribution in [0, 0.1) is 5.92 Å². The smallest absolute Gasteiger partial charge is 0.235 e. The molecule has 0 aromatic heterocycles. The maximum Gasteiger partial charge on any atom is 0.235 e. The molecule has 2 aromatic rings. The van der Waals surface area contributed by atoms with Gasteiger partial charge in [-0.05, 0) is 12.1 Å². The van der Waals surface area contributed by atoms with Crippen LogP contribution in [0.5, 0.6) is 23.0 Å². The average Bonchev–Trinajstić information content (AvgIpc) is 3.15. The number of quaternary nitrogens is 1. The molecule has 3 aliphatic rings. The van der Waals surface area contributed by atoms with Crippen LogP contribution in [-0.4, -0.2) is 44.4 Å². The van der Waals surface area contributed by atoms with Gasteiger partial charge in [0.2, 0.25) is 13.0 Å². The molecule has 5 rings (SSSR count). The standard InChI is InChI=1S/C21H23NO5/c1-13-20(14-4-2-3-5-16(14)23)15-10-18-19(26-12-25-18)11-17(15)27-21(13)22-6-8-24-9-7-22/h2-5,10-11,13,20-21,23H,6-9,12H2,1H3/p+1/t13-,20+,21-/m0/s1. The Hall–Kier alpha value is -2.44. The Bertz CT molecular complexity index is 848. The molecular weight excluding hydrogens is 346 g/mol. The van der Waals surface area contributed by atoms with E-state index in [1.807, 2.05) is 30.3 Å². The molecule has 0 bridgehead atoms. The molecule has 2 aromatic carbocycles. The lowest BCUT2D eigenvalue weighted by atomic mass is 9.77. The van der Waals surface area contributed by atoms with Gasteiger partial charge >= 0.3 is 0 Å². The minimum Gasteiger partial charge on any atom is -0.508 e. The Morgan fingerprint density at radius 2 is 1.70 bits per heavy atom. The second-order valence-corrected chi connectivity index (χ2v) is 7.45. The van der Waals surface area contributed by atoms with Crippen LogP contribution >= 0.6 is 0 Å². The number of fused-ring (bicyclic) bond motifs is 2. The SMILES string of the molecule is C[C@H]1[C@H](c2ccccc2O)c2cc3c(cc2O[C@@H]1[NH+]1CCOCC1)OCO3. The molecule has 27 heavy (non-hydrogen) atoms. The molecule has 0 unspecified atom stereocenters. The molecule has 0 spiro atoms. The third-order valence-corrected chi connectivity index (χ3v) is 5.91. The second kappa shape index (κ2) is 6.62. The third kappa shape index (κ3) is 2.80. The first-order chi connectivity index (χ1) is 13.2. The van der Waals surface area contributed by atoms with E-state index in [2.05, 4.69) is 6.92 Å². The highest BCUT2D eigenvalue weighted by Crippen LogP contribution is 2.49. The van der Waals surface area contributed by atoms with E-state index < -0.39 is 0 Å². The van der Waals surface area contributed by atoms with E-state index in [0.29, 0.717) is 5.75 Å². The summed E-state index contributed by atoms with van der Waals surface area (Å²) in [4.78, 5) is 1.39. The molecule has 3 heterocycles. The number of hydrogen-bond donors (Lipinski definition) is 2. The zero-order chi connectivity index (χ0) is 18.4. The number of hydrogen-bond acceptors (Lipinski definition) is 5. The van der Waals surface area contributed by atoms with Crippen molar-refractivity contribution in [2.45, 2.75) is 19.1 Å². The van der Waals surface area contributed by atoms with Gasteiger partial charge in [-0.25, -0.2) is 0 Å². The van der Waals surface area contributed by atoms with Crippen molar-refractivity contribution in [1.29, 1.82) is 0 Å². The van der Waals surface area contributed by atoms with Crippen molar-refractivity contribution in [3.63, 3.8) is 0 Å². The molecule has 142 valence electrons. The quantitative estimate of drug-likeness (QED) is 0.840. The van der Waals surface area contributed by atoms with E-state index in [1.165, 1.54) is 4.90 Å². The molecule has 0 aliphatic carbocycles. The third-order valence-electron chi connectivity index (χ3n) is 5.91. The number of phenolic OH excluding ortho intramolecular Hbond substituents is 1. The summed E-state index contributed by atoms with van der Waals surface area (Å²) in [7, 11) is 0. The summed E-state index contributed by atoms with van der Waals surface area (Å²) in [5, 5.41) is 10.6. The van der Waals surface area contributed by atoms with E-state index in [4.69, 9.17) is 18.9 Å². The monoisotopic (exact) mass is 370 g/mol. The summed E-state index contributed by atoms with van der Waals surface area (Å²) >= 11 is 0. The topological polar surface area (TPSA) is 61.6 Å². The van der Waals surface area contributed by atoms with Crippen molar-refractivity contribution in [2.24, 2.45) is 5.92 Å². The molecule has 1 fully saturated rings. The van der Waals surface area contributed by atoms with Crippen LogP contribution in [0.3, 0.4) is 0 Å². The number of phenols is 1. The molecule has 3 atom stereocenters. The summed E-state index contributed by atoms with van der Waals surface area (Å²) in [5.74, 6) is 2.78. The second-order valence-electron chi connectivity index (χ2n) is 7.45. The number of aromatic hydroxyl groups is 1. The highest BCUT2D eigenvalue weighted by molar-refractivity contribution is 5.57. The molecule has 3 aliphatic heterocycles. The van der Waals surface area contributed by atoms with E-state index in [-0.39, 0.29) is 24.9 Å². The lowest BCUT2D eigenvalue weighted by molar-refractivity contribution is -0.955. The predicted molar refractivity (Wildman–Crippen MR) is 97.6 cm³/mol. The van der Waals surface area contributed by atoms with Gasteiger partial charge in [-0.3, -0.25) is 4.90 Å². The number of benzene rings is 2. The predicted octanol–water partition coefficient (Wildman–Crippen LogP) is 1.52. The molecule has 2 N–H and O–H groups in total. The summed E-state index contributed by atoms with van der Waals surface area (Å²) in [6, 6.07) is 11.5. The first-order valence-corrected chi connectivity index (χ1v) is 9.53. The molecule has 0 amide bonds. The number of nitrogens with one attached hydrogen (secondary N) is 1. The number of para-hydroxylation sites is 1. The normalized spacial score (nSPS) is 27.1. The van der Waals surface area contributed by atoms with Gasteiger partial charge in [0.1, 0.15) is 24.6 Å². The van der Waals surface area contributed by atoms with Gasteiger partial charge in [0.05, 0.1) is 19.1 Å². The first-order valence-electron chi connectivity index (χ1n) is 9.53. The van der Waals surface area contributed by atoms with Gasteiger partial charge in [0.25, 0.3) is 0 Å². The summed E-state index contributed by atoms with van der Waals surface area (Å²) in [6.07, 6.45) is -0.00798. The molecule has 1 saturated heterocycles. The zero-order valence-electron chi connectivity index (χ0n) is 15.3. The summed E-state index contributed by atoms with van der Waals surface area (Å²) in [5.41, 5.74) is 1.96. The van der Waals surface area contributed by atoms with E-state index in [1.54, 1.807) is 6.07 Å². The van der Waals surface area contributed by atoms with Crippen LogP contribution in [0.1, 0.15) is 24.0 Å². The number of morpholine rings is 1. The minimum absolute atomic E-state index is 0.00798. The van der Waals surface area contributed by atoms with Crippen LogP contribution < -0.4 is 19.1 Å². The van der Waals surface area contributed by atoms with Crippen molar-refractivity contribution in [3.05, 3.63) is 47.5 Å². The van der Waals surface area contributed by atoms with E-state index >= 15 is 0 Å². The van der Waals surface area contributed by atoms with E-state index in [0.717, 1.165) is 54.7 Å². The molecule has 6 heteroatoms.